The second-order valence-corrected chi connectivity index (χ2v) is 4.42. The van der Waals surface area contributed by atoms with Gasteiger partial charge in [0.15, 0.2) is 0 Å². The van der Waals surface area contributed by atoms with E-state index in [1.54, 1.807) is 0 Å². The Morgan fingerprint density at radius 2 is 1.87 bits per heavy atom. The summed E-state index contributed by atoms with van der Waals surface area (Å²) >= 11 is 0. The molecule has 1 amide bonds. The van der Waals surface area contributed by atoms with Gasteiger partial charge < -0.3 is 5.32 Å². The second-order valence-electron chi connectivity index (χ2n) is 4.42. The largest absolute Gasteiger partial charge is 0.355 e. The first-order valence-corrected chi connectivity index (χ1v) is 6.27. The monoisotopic (exact) mass is 212 g/mol. The molecule has 1 rings (SSSR count). The minimum Gasteiger partial charge on any atom is -0.355 e. The summed E-state index contributed by atoms with van der Waals surface area (Å²) in [4.78, 5) is 14.1. The van der Waals surface area contributed by atoms with Crippen LogP contribution in [0.3, 0.4) is 0 Å². The Bertz CT molecular complexity index is 186. The molecule has 1 aliphatic heterocycles. The van der Waals surface area contributed by atoms with E-state index in [1.165, 1.54) is 25.7 Å². The zero-order valence-electron chi connectivity index (χ0n) is 10.1. The van der Waals surface area contributed by atoms with Gasteiger partial charge in [-0.25, -0.2) is 0 Å². The molecule has 1 aliphatic rings. The highest BCUT2D eigenvalue weighted by Crippen LogP contribution is 2.12. The van der Waals surface area contributed by atoms with Gasteiger partial charge in [-0.05, 0) is 39.3 Å². The van der Waals surface area contributed by atoms with Crippen LogP contribution in [-0.2, 0) is 4.79 Å². The van der Waals surface area contributed by atoms with Crippen LogP contribution in [0.15, 0.2) is 0 Å². The molecule has 0 saturated carbocycles. The number of nitrogens with zero attached hydrogens (tertiary/aromatic N) is 1. The summed E-state index contributed by atoms with van der Waals surface area (Å²) in [6.45, 7) is 7.08. The molecule has 1 unspecified atom stereocenters. The molecule has 0 radical (unpaired) electrons. The summed E-state index contributed by atoms with van der Waals surface area (Å²) in [5, 5.41) is 2.97. The summed E-state index contributed by atoms with van der Waals surface area (Å²) in [6, 6.07) is 0.0506. The first kappa shape index (κ1) is 12.5. The van der Waals surface area contributed by atoms with E-state index in [0.29, 0.717) is 0 Å². The number of hydrogen-bond donors (Lipinski definition) is 1. The molecule has 1 saturated heterocycles. The third-order valence-electron chi connectivity index (χ3n) is 3.12. The van der Waals surface area contributed by atoms with Gasteiger partial charge in [0.2, 0.25) is 5.91 Å². The first-order valence-electron chi connectivity index (χ1n) is 6.27. The van der Waals surface area contributed by atoms with E-state index in [9.17, 15) is 4.79 Å². The number of likely N-dealkylation sites (tertiary alicyclic amines) is 1. The molecular weight excluding hydrogens is 188 g/mol. The van der Waals surface area contributed by atoms with Crippen molar-refractivity contribution in [3.05, 3.63) is 0 Å². The van der Waals surface area contributed by atoms with Crippen LogP contribution in [0.1, 0.15) is 46.0 Å². The predicted molar refractivity (Wildman–Crippen MR) is 62.8 cm³/mol. The molecule has 1 heterocycles. The van der Waals surface area contributed by atoms with Gasteiger partial charge in [0.05, 0.1) is 6.04 Å². The Balaban J connectivity index is 2.35. The molecule has 1 N–H and O–H groups in total. The van der Waals surface area contributed by atoms with E-state index >= 15 is 0 Å². The topological polar surface area (TPSA) is 32.3 Å². The minimum absolute atomic E-state index is 0.0506. The van der Waals surface area contributed by atoms with Gasteiger partial charge in [0, 0.05) is 6.54 Å². The third-order valence-corrected chi connectivity index (χ3v) is 3.12. The summed E-state index contributed by atoms with van der Waals surface area (Å²) in [7, 11) is 0. The van der Waals surface area contributed by atoms with Crippen LogP contribution >= 0.6 is 0 Å². The smallest absolute Gasteiger partial charge is 0.237 e. The molecule has 1 atom stereocenters. The molecule has 3 heteroatoms. The Labute approximate surface area is 93.2 Å². The number of carbonyl (C=O) groups is 1. The van der Waals surface area contributed by atoms with Crippen LogP contribution in [0, 0.1) is 0 Å². The number of amides is 1. The van der Waals surface area contributed by atoms with E-state index < -0.39 is 0 Å². The lowest BCUT2D eigenvalue weighted by molar-refractivity contribution is -0.125. The predicted octanol–water partition coefficient (Wildman–Crippen LogP) is 1.78. The molecule has 0 bridgehead atoms. The fourth-order valence-electron chi connectivity index (χ4n) is 2.04. The third kappa shape index (κ3) is 4.20. The van der Waals surface area contributed by atoms with Crippen molar-refractivity contribution in [1.82, 2.24) is 10.2 Å². The lowest BCUT2D eigenvalue weighted by atomic mass is 10.2. The SMILES string of the molecule is CCCNC(=O)C(C)N1CCCCCC1. The molecule has 0 aromatic carbocycles. The Hall–Kier alpha value is -0.570. The summed E-state index contributed by atoms with van der Waals surface area (Å²) in [5.41, 5.74) is 0. The standard InChI is InChI=1S/C12H24N2O/c1-3-8-13-12(15)11(2)14-9-6-4-5-7-10-14/h11H,3-10H2,1-2H3,(H,13,15). The maximum atomic E-state index is 11.8. The number of carbonyl (C=O) groups excluding carboxylic acids is 1. The minimum atomic E-state index is 0.0506. The molecule has 3 nitrogen and oxygen atoms in total. The average molecular weight is 212 g/mol. The van der Waals surface area contributed by atoms with E-state index in [2.05, 4.69) is 17.1 Å². The number of hydrogen-bond acceptors (Lipinski definition) is 2. The van der Waals surface area contributed by atoms with Gasteiger partial charge in [-0.1, -0.05) is 19.8 Å². The van der Waals surface area contributed by atoms with Crippen LogP contribution in [0.25, 0.3) is 0 Å². The van der Waals surface area contributed by atoms with Gasteiger partial charge in [-0.15, -0.1) is 0 Å². The molecular formula is C12H24N2O. The Morgan fingerprint density at radius 1 is 1.27 bits per heavy atom. The summed E-state index contributed by atoms with van der Waals surface area (Å²) in [6.07, 6.45) is 6.13. The van der Waals surface area contributed by atoms with E-state index in [1.807, 2.05) is 6.92 Å². The molecule has 0 aromatic rings. The number of rotatable bonds is 4. The van der Waals surface area contributed by atoms with Gasteiger partial charge in [-0.2, -0.15) is 0 Å². The molecule has 15 heavy (non-hydrogen) atoms. The van der Waals surface area contributed by atoms with E-state index in [-0.39, 0.29) is 11.9 Å². The molecule has 0 spiro atoms. The maximum absolute atomic E-state index is 11.8. The van der Waals surface area contributed by atoms with Gasteiger partial charge in [0.25, 0.3) is 0 Å². The Morgan fingerprint density at radius 3 is 2.40 bits per heavy atom. The van der Waals surface area contributed by atoms with Crippen molar-refractivity contribution in [3.8, 4) is 0 Å². The van der Waals surface area contributed by atoms with Gasteiger partial charge in [0.1, 0.15) is 0 Å². The fraction of sp³-hybridized carbons (Fsp3) is 0.917. The van der Waals surface area contributed by atoms with Gasteiger partial charge in [-0.3, -0.25) is 9.69 Å². The first-order chi connectivity index (χ1) is 7.25. The molecule has 0 aliphatic carbocycles. The normalized spacial score (nSPS) is 20.7. The van der Waals surface area contributed by atoms with Crippen molar-refractivity contribution in [3.63, 3.8) is 0 Å². The van der Waals surface area contributed by atoms with E-state index in [4.69, 9.17) is 0 Å². The highest BCUT2D eigenvalue weighted by Gasteiger charge is 2.21. The second kappa shape index (κ2) is 6.83. The van der Waals surface area contributed by atoms with Crippen molar-refractivity contribution < 1.29 is 4.79 Å². The van der Waals surface area contributed by atoms with Gasteiger partial charge >= 0.3 is 0 Å². The molecule has 1 fully saturated rings. The van der Waals surface area contributed by atoms with Crippen molar-refractivity contribution in [2.45, 2.75) is 52.0 Å². The van der Waals surface area contributed by atoms with Crippen LogP contribution < -0.4 is 5.32 Å². The summed E-state index contributed by atoms with van der Waals surface area (Å²) < 4.78 is 0. The zero-order chi connectivity index (χ0) is 11.1. The van der Waals surface area contributed by atoms with Crippen molar-refractivity contribution in [1.29, 1.82) is 0 Å². The molecule has 88 valence electrons. The van der Waals surface area contributed by atoms with Crippen LogP contribution in [-0.4, -0.2) is 36.5 Å². The van der Waals surface area contributed by atoms with Crippen LogP contribution in [0.5, 0.6) is 0 Å². The zero-order valence-corrected chi connectivity index (χ0v) is 10.1. The average Bonchev–Trinajstić information content (AvgIpc) is 2.53. The van der Waals surface area contributed by atoms with Crippen molar-refractivity contribution in [2.24, 2.45) is 0 Å². The van der Waals surface area contributed by atoms with Crippen molar-refractivity contribution >= 4 is 5.91 Å². The highest BCUT2D eigenvalue weighted by molar-refractivity contribution is 5.81. The lowest BCUT2D eigenvalue weighted by Crippen LogP contribution is -2.45. The highest BCUT2D eigenvalue weighted by atomic mass is 16.2. The number of nitrogens with one attached hydrogen (secondary N) is 1. The fourth-order valence-corrected chi connectivity index (χ4v) is 2.04. The Kier molecular flexibility index (Phi) is 5.69. The maximum Gasteiger partial charge on any atom is 0.237 e. The lowest BCUT2D eigenvalue weighted by Gasteiger charge is -2.26. The van der Waals surface area contributed by atoms with Crippen molar-refractivity contribution in [2.75, 3.05) is 19.6 Å². The van der Waals surface area contributed by atoms with Crippen LogP contribution in [0.2, 0.25) is 0 Å². The summed E-state index contributed by atoms with van der Waals surface area (Å²) in [5.74, 6) is 0.193. The quantitative estimate of drug-likeness (QED) is 0.770. The molecule has 0 aromatic heterocycles. The van der Waals surface area contributed by atoms with E-state index in [0.717, 1.165) is 26.1 Å². The van der Waals surface area contributed by atoms with Crippen LogP contribution in [0.4, 0.5) is 0 Å².